The molecule has 5 unspecified atom stereocenters. The van der Waals surface area contributed by atoms with Crippen molar-refractivity contribution in [2.45, 2.75) is 86.9 Å². The second kappa shape index (κ2) is 8.23. The minimum Gasteiger partial charge on any atom is -0.435 e. The fraction of sp³-hybridized carbons (Fsp3) is 0.654. The van der Waals surface area contributed by atoms with Crippen LogP contribution in [0.1, 0.15) is 56.2 Å². The molecule has 15 heteroatoms. The SMILES string of the molecule is CCC1CC2CCC1NC1(C3=CC1(C(F)(F)F)NN3C)N1C(=O)O[C@]2(c2cc(C(F)(F)F)cc(C(F)(F)F)c2)[C@@H]1C. The van der Waals surface area contributed by atoms with Gasteiger partial charge in [0.2, 0.25) is 0 Å². The third-order valence-corrected chi connectivity index (χ3v) is 9.82. The first-order valence-corrected chi connectivity index (χ1v) is 13.2. The van der Waals surface area contributed by atoms with Crippen molar-refractivity contribution in [3.8, 4) is 0 Å². The van der Waals surface area contributed by atoms with E-state index >= 15 is 0 Å². The van der Waals surface area contributed by atoms with Crippen LogP contribution >= 0.6 is 0 Å². The molecule has 0 aromatic heterocycles. The highest BCUT2D eigenvalue weighted by Crippen LogP contribution is 2.64. The molecule has 5 heterocycles. The summed E-state index contributed by atoms with van der Waals surface area (Å²) in [6, 6.07) is -0.848. The van der Waals surface area contributed by atoms with E-state index in [-0.39, 0.29) is 36.9 Å². The summed E-state index contributed by atoms with van der Waals surface area (Å²) in [7, 11) is 1.35. The molecule has 6 nitrogen and oxygen atoms in total. The van der Waals surface area contributed by atoms with Crippen LogP contribution in [0.4, 0.5) is 44.3 Å². The van der Waals surface area contributed by atoms with E-state index in [1.807, 2.05) is 6.92 Å². The molecule has 226 valence electrons. The predicted octanol–water partition coefficient (Wildman–Crippen LogP) is 5.90. The Hall–Kier alpha value is -2.68. The van der Waals surface area contributed by atoms with Gasteiger partial charge >= 0.3 is 24.6 Å². The van der Waals surface area contributed by atoms with E-state index in [4.69, 9.17) is 4.74 Å². The minimum atomic E-state index is -5.17. The molecule has 6 bridgehead atoms. The number of rotatable bonds is 2. The zero-order chi connectivity index (χ0) is 30.1. The molecule has 1 amide bonds. The quantitative estimate of drug-likeness (QED) is 0.416. The Morgan fingerprint density at radius 3 is 2.12 bits per heavy atom. The van der Waals surface area contributed by atoms with Gasteiger partial charge in [-0.2, -0.15) is 39.5 Å². The van der Waals surface area contributed by atoms with Crippen molar-refractivity contribution < 1.29 is 49.0 Å². The first-order valence-electron chi connectivity index (χ1n) is 13.2. The number of ether oxygens (including phenoxy) is 1. The summed E-state index contributed by atoms with van der Waals surface area (Å²) in [5.74, 6) is -1.05. The number of nitrogens with one attached hydrogen (secondary N) is 2. The average Bonchev–Trinajstić information content (AvgIpc) is 3.46. The Labute approximate surface area is 228 Å². The lowest BCUT2D eigenvalue weighted by Gasteiger charge is -2.56. The summed E-state index contributed by atoms with van der Waals surface area (Å²) in [5.41, 5.74) is -8.39. The van der Waals surface area contributed by atoms with Gasteiger partial charge in [-0.25, -0.2) is 10.2 Å². The molecule has 1 saturated carbocycles. The molecule has 7 atom stereocenters. The zero-order valence-electron chi connectivity index (χ0n) is 22.1. The van der Waals surface area contributed by atoms with E-state index in [1.165, 1.54) is 14.0 Å². The molecule has 8 rings (SSSR count). The number of halogens is 9. The Bertz CT molecular complexity index is 1290. The number of fused-ring (bicyclic) bond motifs is 3. The van der Waals surface area contributed by atoms with Crippen LogP contribution in [0, 0.1) is 11.8 Å². The van der Waals surface area contributed by atoms with E-state index in [2.05, 4.69) is 10.7 Å². The van der Waals surface area contributed by atoms with Crippen LogP contribution in [0.15, 0.2) is 30.0 Å². The zero-order valence-corrected chi connectivity index (χ0v) is 22.1. The second-order valence-corrected chi connectivity index (χ2v) is 11.6. The number of amides is 1. The van der Waals surface area contributed by atoms with Gasteiger partial charge in [0.15, 0.2) is 16.8 Å². The Kier molecular flexibility index (Phi) is 5.71. The number of nitrogens with zero attached hydrogens (tertiary/aromatic N) is 2. The van der Waals surface area contributed by atoms with E-state index < -0.39 is 76.1 Å². The lowest BCUT2D eigenvalue weighted by molar-refractivity contribution is -0.218. The van der Waals surface area contributed by atoms with Gasteiger partial charge in [-0.3, -0.25) is 10.2 Å². The predicted molar refractivity (Wildman–Crippen MR) is 124 cm³/mol. The first kappa shape index (κ1) is 28.4. The number of benzene rings is 1. The third-order valence-electron chi connectivity index (χ3n) is 9.82. The van der Waals surface area contributed by atoms with Gasteiger partial charge in [-0.05, 0) is 61.9 Å². The van der Waals surface area contributed by atoms with Gasteiger partial charge < -0.3 is 9.75 Å². The number of likely N-dealkylation sites (N-methyl/N-ethyl adjacent to an activating group) is 1. The molecule has 7 aliphatic rings. The van der Waals surface area contributed by atoms with Crippen molar-refractivity contribution >= 4 is 6.09 Å². The largest absolute Gasteiger partial charge is 0.435 e. The summed E-state index contributed by atoms with van der Waals surface area (Å²) >= 11 is 0. The highest BCUT2D eigenvalue weighted by Gasteiger charge is 2.84. The Balaban J connectivity index is 1.63. The minimum absolute atomic E-state index is 0.0161. The maximum atomic E-state index is 14.9. The van der Waals surface area contributed by atoms with Crippen molar-refractivity contribution in [1.82, 2.24) is 20.7 Å². The molecule has 5 fully saturated rings. The Morgan fingerprint density at radius 2 is 1.61 bits per heavy atom. The highest BCUT2D eigenvalue weighted by atomic mass is 19.4. The molecule has 1 aromatic carbocycles. The smallest absolute Gasteiger partial charge is 0.416 e. The normalized spacial score (nSPS) is 38.4. The molecular weight excluding hydrogens is 571 g/mol. The summed E-state index contributed by atoms with van der Waals surface area (Å²) in [5, 5.41) is 4.28. The van der Waals surface area contributed by atoms with Crippen LogP contribution in [0.25, 0.3) is 0 Å². The van der Waals surface area contributed by atoms with Crippen molar-refractivity contribution in [2.75, 3.05) is 7.05 Å². The van der Waals surface area contributed by atoms with Gasteiger partial charge in [-0.15, -0.1) is 0 Å². The maximum absolute atomic E-state index is 14.9. The van der Waals surface area contributed by atoms with Crippen molar-refractivity contribution in [2.24, 2.45) is 11.8 Å². The maximum Gasteiger partial charge on any atom is 0.416 e. The summed E-state index contributed by atoms with van der Waals surface area (Å²) in [4.78, 5) is 14.6. The number of hydrazine groups is 1. The van der Waals surface area contributed by atoms with Crippen LogP contribution < -0.4 is 10.7 Å². The summed E-state index contributed by atoms with van der Waals surface area (Å²) in [6.07, 6.45) is -14.4. The monoisotopic (exact) mass is 598 g/mol. The number of carbonyl (C=O) groups is 1. The lowest BCUT2D eigenvalue weighted by atomic mass is 9.65. The van der Waals surface area contributed by atoms with Crippen LogP contribution in [-0.2, 0) is 22.7 Å². The van der Waals surface area contributed by atoms with Gasteiger partial charge in [-0.1, -0.05) is 13.3 Å². The third kappa shape index (κ3) is 3.44. The topological polar surface area (TPSA) is 56.8 Å². The van der Waals surface area contributed by atoms with Gasteiger partial charge in [0.05, 0.1) is 22.9 Å². The molecule has 2 N–H and O–H groups in total. The summed E-state index contributed by atoms with van der Waals surface area (Å²) < 4.78 is 134. The van der Waals surface area contributed by atoms with E-state index in [0.717, 1.165) is 16.0 Å². The molecule has 4 saturated heterocycles. The molecule has 1 spiro atoms. The molecule has 5 aliphatic heterocycles. The fourth-order valence-corrected chi connectivity index (χ4v) is 8.00. The van der Waals surface area contributed by atoms with Crippen molar-refractivity contribution in [3.05, 3.63) is 46.7 Å². The molecule has 2 aliphatic carbocycles. The molecule has 1 aromatic rings. The number of hydrogen-bond donors (Lipinski definition) is 2. The summed E-state index contributed by atoms with van der Waals surface area (Å²) in [6.45, 7) is 3.15. The van der Waals surface area contributed by atoms with E-state index in [0.29, 0.717) is 18.6 Å². The van der Waals surface area contributed by atoms with Crippen LogP contribution in [-0.4, -0.2) is 52.5 Å². The Morgan fingerprint density at radius 1 is 1.00 bits per heavy atom. The number of alkyl halides is 9. The standard InChI is InChI=1S/C26H27F9N4O2/c1-4-13-7-14-5-6-18(13)36-23(19-11-21(23,26(33,34)35)37-38(19)3)39-12(2)22(14,41-20(39)40)15-8-16(24(27,28)29)10-17(9-15)25(30,31)32/h8-14,18,36-37H,4-7H2,1-3H3/t12-,13?,14?,18?,21?,22+,23?/m0/s1. The van der Waals surface area contributed by atoms with Crippen LogP contribution in [0.2, 0.25) is 0 Å². The number of carbonyl (C=O) groups excluding carboxylic acids is 1. The fourth-order valence-electron chi connectivity index (χ4n) is 8.00. The lowest BCUT2D eigenvalue weighted by Crippen LogP contribution is -2.83. The van der Waals surface area contributed by atoms with Crippen molar-refractivity contribution in [1.29, 1.82) is 0 Å². The van der Waals surface area contributed by atoms with Gasteiger partial charge in [0.1, 0.15) is 0 Å². The van der Waals surface area contributed by atoms with Gasteiger partial charge in [0.25, 0.3) is 0 Å². The molecule has 41 heavy (non-hydrogen) atoms. The van der Waals surface area contributed by atoms with Crippen molar-refractivity contribution in [3.63, 3.8) is 0 Å². The first-order chi connectivity index (χ1) is 18.8. The van der Waals surface area contributed by atoms with Gasteiger partial charge in [0, 0.05) is 19.0 Å². The highest BCUT2D eigenvalue weighted by molar-refractivity contribution is 5.77. The van der Waals surface area contributed by atoms with Crippen LogP contribution in [0.3, 0.4) is 0 Å². The van der Waals surface area contributed by atoms with E-state index in [9.17, 15) is 44.3 Å². The average molecular weight is 599 g/mol. The molecular formula is C26H27F9N4O2. The van der Waals surface area contributed by atoms with Crippen LogP contribution in [0.5, 0.6) is 0 Å². The second-order valence-electron chi connectivity index (χ2n) is 11.6. The molecule has 0 radical (unpaired) electrons. The number of hydrogen-bond acceptors (Lipinski definition) is 5. The van der Waals surface area contributed by atoms with E-state index in [1.54, 1.807) is 0 Å².